The lowest BCUT2D eigenvalue weighted by Gasteiger charge is -2.34. The predicted molar refractivity (Wildman–Crippen MR) is 139 cm³/mol. The highest BCUT2D eigenvalue weighted by Gasteiger charge is 2.30. The number of rotatable bonds is 5. The molecule has 8 heteroatoms. The number of halogens is 1. The molecule has 190 valence electrons. The van der Waals surface area contributed by atoms with Gasteiger partial charge in [0.2, 0.25) is 0 Å². The van der Waals surface area contributed by atoms with Crippen molar-refractivity contribution < 1.29 is 21.8 Å². The summed E-state index contributed by atoms with van der Waals surface area (Å²) >= 11 is 0. The highest BCUT2D eigenvalue weighted by Crippen LogP contribution is 2.44. The molecule has 0 spiro atoms. The third kappa shape index (κ3) is 4.97. The Bertz CT molecular complexity index is 1460. The van der Waals surface area contributed by atoms with E-state index in [0.29, 0.717) is 49.4 Å². The number of fused-ring (bicyclic) bond motifs is 3. The molecule has 1 aliphatic heterocycles. The average Bonchev–Trinajstić information content (AvgIpc) is 3.22. The van der Waals surface area contributed by atoms with E-state index < -0.39 is 15.1 Å². The molecule has 1 aliphatic carbocycles. The first kappa shape index (κ1) is 25.0. The second-order valence-corrected chi connectivity index (χ2v) is 10.7. The average molecular weight is 519 g/mol. The minimum atomic E-state index is -4.88. The van der Waals surface area contributed by atoms with Crippen LogP contribution < -0.4 is 0 Å². The number of carbonyl (C=O) groups is 1. The quantitative estimate of drug-likeness (QED) is 0.362. The van der Waals surface area contributed by atoms with Gasteiger partial charge in [0.05, 0.1) is 0 Å². The van der Waals surface area contributed by atoms with Gasteiger partial charge >= 0.3 is 16.3 Å². The Morgan fingerprint density at radius 3 is 2.19 bits per heavy atom. The van der Waals surface area contributed by atoms with Crippen molar-refractivity contribution in [2.24, 2.45) is 0 Å². The molecule has 2 aliphatic rings. The van der Waals surface area contributed by atoms with Gasteiger partial charge < -0.3 is 9.64 Å². The standard InChI is InChI=1S/C29H27FN2O4S/c1-3-21-16-22(20(2)28(17-21)37(30,34)35)18-31-12-14-32(15-13-31)29(33)36-19-27-25-10-6-4-8-23(25)24-9-5-7-11-26(24)27/h1,4-11,16-17,27H,12-15,18-19H2,2H3. The molecule has 0 aromatic heterocycles. The van der Waals surface area contributed by atoms with Gasteiger partial charge in [-0.05, 0) is 52.4 Å². The first-order chi connectivity index (χ1) is 17.8. The van der Waals surface area contributed by atoms with Crippen molar-refractivity contribution in [1.29, 1.82) is 0 Å². The largest absolute Gasteiger partial charge is 0.448 e. The van der Waals surface area contributed by atoms with Crippen LogP contribution in [0.3, 0.4) is 0 Å². The number of terminal acetylenes is 1. The lowest BCUT2D eigenvalue weighted by Crippen LogP contribution is -2.48. The van der Waals surface area contributed by atoms with Gasteiger partial charge in [-0.3, -0.25) is 4.90 Å². The van der Waals surface area contributed by atoms with Crippen LogP contribution >= 0.6 is 0 Å². The van der Waals surface area contributed by atoms with Gasteiger partial charge in [0.25, 0.3) is 0 Å². The van der Waals surface area contributed by atoms with Crippen molar-refractivity contribution in [3.8, 4) is 23.5 Å². The topological polar surface area (TPSA) is 66.9 Å². The lowest BCUT2D eigenvalue weighted by atomic mass is 9.98. The number of nitrogens with zero attached hydrogens (tertiary/aromatic N) is 2. The fraction of sp³-hybridized carbons (Fsp3) is 0.276. The van der Waals surface area contributed by atoms with Crippen LogP contribution in [-0.4, -0.2) is 57.1 Å². The molecular formula is C29H27FN2O4S. The summed E-state index contributed by atoms with van der Waals surface area (Å²) in [5, 5.41) is 0. The number of amides is 1. The van der Waals surface area contributed by atoms with Crippen LogP contribution in [0.1, 0.15) is 33.7 Å². The molecule has 5 rings (SSSR count). The van der Waals surface area contributed by atoms with E-state index in [-0.39, 0.29) is 18.6 Å². The zero-order valence-electron chi connectivity index (χ0n) is 20.5. The summed E-state index contributed by atoms with van der Waals surface area (Å²) < 4.78 is 42.7. The maximum Gasteiger partial charge on any atom is 0.409 e. The SMILES string of the molecule is C#Cc1cc(CN2CCN(C(=O)OCC3c4ccccc4-c4ccccc43)CC2)c(C)c(S(=O)(=O)F)c1. The summed E-state index contributed by atoms with van der Waals surface area (Å²) in [6, 6.07) is 19.3. The second kappa shape index (κ2) is 10.0. The van der Waals surface area contributed by atoms with E-state index in [2.05, 4.69) is 35.1 Å². The summed E-state index contributed by atoms with van der Waals surface area (Å²) in [4.78, 5) is 16.3. The number of ether oxygens (including phenoxy) is 1. The summed E-state index contributed by atoms with van der Waals surface area (Å²) in [6.07, 6.45) is 5.10. The molecule has 3 aromatic rings. The van der Waals surface area contributed by atoms with Gasteiger partial charge in [-0.25, -0.2) is 4.79 Å². The molecule has 1 saturated heterocycles. The van der Waals surface area contributed by atoms with Gasteiger partial charge in [0, 0.05) is 44.2 Å². The minimum absolute atomic E-state index is 0.00465. The van der Waals surface area contributed by atoms with Crippen LogP contribution in [0.5, 0.6) is 0 Å². The zero-order chi connectivity index (χ0) is 26.2. The molecule has 37 heavy (non-hydrogen) atoms. The molecule has 1 heterocycles. The predicted octanol–water partition coefficient (Wildman–Crippen LogP) is 4.70. The van der Waals surface area contributed by atoms with Gasteiger partial charge in [-0.2, -0.15) is 8.42 Å². The fourth-order valence-electron chi connectivity index (χ4n) is 5.26. The van der Waals surface area contributed by atoms with Crippen molar-refractivity contribution in [1.82, 2.24) is 9.80 Å². The Morgan fingerprint density at radius 1 is 1.03 bits per heavy atom. The van der Waals surface area contributed by atoms with Crippen molar-refractivity contribution in [3.05, 3.63) is 88.5 Å². The smallest absolute Gasteiger partial charge is 0.409 e. The number of carbonyl (C=O) groups excluding carboxylic acids is 1. The highest BCUT2D eigenvalue weighted by molar-refractivity contribution is 7.86. The van der Waals surface area contributed by atoms with Crippen LogP contribution in [-0.2, 0) is 21.5 Å². The van der Waals surface area contributed by atoms with Gasteiger partial charge in [-0.15, -0.1) is 10.3 Å². The molecule has 0 bridgehead atoms. The Morgan fingerprint density at radius 2 is 1.62 bits per heavy atom. The van der Waals surface area contributed by atoms with E-state index in [4.69, 9.17) is 11.2 Å². The normalized spacial score (nSPS) is 15.6. The number of hydrogen-bond donors (Lipinski definition) is 0. The molecule has 0 saturated carbocycles. The molecule has 0 N–H and O–H groups in total. The zero-order valence-corrected chi connectivity index (χ0v) is 21.3. The summed E-state index contributed by atoms with van der Waals surface area (Å²) in [5.74, 6) is 2.40. The Kier molecular flexibility index (Phi) is 6.76. The van der Waals surface area contributed by atoms with Gasteiger partial charge in [0.15, 0.2) is 0 Å². The molecule has 0 unspecified atom stereocenters. The second-order valence-electron chi connectivity index (χ2n) is 9.41. The number of piperazine rings is 1. The summed E-state index contributed by atoms with van der Waals surface area (Å²) in [6.45, 7) is 4.34. The van der Waals surface area contributed by atoms with Gasteiger partial charge in [0.1, 0.15) is 11.5 Å². The van der Waals surface area contributed by atoms with Crippen LogP contribution in [0.15, 0.2) is 65.6 Å². The third-order valence-corrected chi connectivity index (χ3v) is 8.21. The molecule has 1 amide bonds. The summed E-state index contributed by atoms with van der Waals surface area (Å²) in [5.41, 5.74) is 6.01. The first-order valence-electron chi connectivity index (χ1n) is 12.1. The van der Waals surface area contributed by atoms with E-state index in [1.807, 2.05) is 24.3 Å². The highest BCUT2D eigenvalue weighted by atomic mass is 32.3. The lowest BCUT2D eigenvalue weighted by molar-refractivity contribution is 0.0728. The molecular weight excluding hydrogens is 491 g/mol. The maximum atomic E-state index is 13.8. The Hall–Kier alpha value is -3.67. The van der Waals surface area contributed by atoms with Crippen LogP contribution in [0.25, 0.3) is 11.1 Å². The van der Waals surface area contributed by atoms with E-state index in [0.717, 1.165) is 0 Å². The fourth-order valence-corrected chi connectivity index (χ4v) is 6.03. The molecule has 0 radical (unpaired) electrons. The van der Waals surface area contributed by atoms with Crippen LogP contribution in [0.2, 0.25) is 0 Å². The van der Waals surface area contributed by atoms with Crippen LogP contribution in [0.4, 0.5) is 8.68 Å². The van der Waals surface area contributed by atoms with Crippen molar-refractivity contribution >= 4 is 16.3 Å². The van der Waals surface area contributed by atoms with E-state index in [9.17, 15) is 17.1 Å². The van der Waals surface area contributed by atoms with Crippen molar-refractivity contribution in [2.45, 2.75) is 24.3 Å². The Labute approximate surface area is 216 Å². The monoisotopic (exact) mass is 518 g/mol. The molecule has 6 nitrogen and oxygen atoms in total. The van der Waals surface area contributed by atoms with Crippen molar-refractivity contribution in [2.75, 3.05) is 32.8 Å². The number of hydrogen-bond acceptors (Lipinski definition) is 5. The van der Waals surface area contributed by atoms with Gasteiger partial charge in [-0.1, -0.05) is 54.5 Å². The van der Waals surface area contributed by atoms with E-state index in [1.165, 1.54) is 28.3 Å². The molecule has 3 aromatic carbocycles. The summed E-state index contributed by atoms with van der Waals surface area (Å²) in [7, 11) is -4.88. The van der Waals surface area contributed by atoms with E-state index >= 15 is 0 Å². The molecule has 0 atom stereocenters. The minimum Gasteiger partial charge on any atom is -0.448 e. The van der Waals surface area contributed by atoms with Crippen LogP contribution in [0, 0.1) is 19.3 Å². The maximum absolute atomic E-state index is 13.8. The first-order valence-corrected chi connectivity index (χ1v) is 13.5. The molecule has 1 fully saturated rings. The van der Waals surface area contributed by atoms with Crippen molar-refractivity contribution in [3.63, 3.8) is 0 Å². The number of benzene rings is 3. The Balaban J connectivity index is 1.21. The van der Waals surface area contributed by atoms with E-state index in [1.54, 1.807) is 17.9 Å². The third-order valence-electron chi connectivity index (χ3n) is 7.26.